The summed E-state index contributed by atoms with van der Waals surface area (Å²) in [6.45, 7) is 6.23. The number of nitrogens with zero attached hydrogens (tertiary/aromatic N) is 4. The summed E-state index contributed by atoms with van der Waals surface area (Å²) in [5.74, 6) is 0. The number of carbonyl (C=O) groups excluding carboxylic acids is 1. The number of piperazine rings is 1. The van der Waals surface area contributed by atoms with E-state index in [1.54, 1.807) is 0 Å². The van der Waals surface area contributed by atoms with Crippen molar-refractivity contribution in [1.29, 1.82) is 0 Å². The van der Waals surface area contributed by atoms with E-state index >= 15 is 0 Å². The molecular weight excluding hydrogens is 350 g/mol. The number of nitrogens with one attached hydrogen (secondary N) is 1. The first kappa shape index (κ1) is 18.7. The van der Waals surface area contributed by atoms with Crippen LogP contribution in [-0.2, 0) is 6.54 Å². The van der Waals surface area contributed by atoms with Crippen molar-refractivity contribution in [2.24, 2.45) is 0 Å². The summed E-state index contributed by atoms with van der Waals surface area (Å²) in [6, 6.07) is 14.9. The molecule has 0 aliphatic carbocycles. The maximum absolute atomic E-state index is 12.7. The Bertz CT molecular complexity index is 746. The molecular formula is C22H29N5O. The van der Waals surface area contributed by atoms with Gasteiger partial charge in [0.1, 0.15) is 0 Å². The number of urea groups is 1. The third kappa shape index (κ3) is 4.81. The van der Waals surface area contributed by atoms with Gasteiger partial charge in [0.05, 0.1) is 0 Å². The second-order valence-electron chi connectivity index (χ2n) is 7.69. The highest BCUT2D eigenvalue weighted by atomic mass is 16.2. The van der Waals surface area contributed by atoms with E-state index in [0.717, 1.165) is 58.7 Å². The first-order chi connectivity index (χ1) is 13.8. The van der Waals surface area contributed by atoms with E-state index in [1.165, 1.54) is 11.3 Å². The molecule has 1 aromatic heterocycles. The smallest absolute Gasteiger partial charge is 0.317 e. The fraction of sp³-hybridized carbons (Fsp3) is 0.455. The fourth-order valence-corrected chi connectivity index (χ4v) is 4.15. The Morgan fingerprint density at radius 2 is 1.75 bits per heavy atom. The fourth-order valence-electron chi connectivity index (χ4n) is 4.15. The zero-order chi connectivity index (χ0) is 19.2. The summed E-state index contributed by atoms with van der Waals surface area (Å²) in [5.41, 5.74) is 2.51. The van der Waals surface area contributed by atoms with Crippen LogP contribution in [-0.4, -0.2) is 66.1 Å². The van der Waals surface area contributed by atoms with Gasteiger partial charge in [0.15, 0.2) is 0 Å². The van der Waals surface area contributed by atoms with E-state index in [2.05, 4.69) is 50.4 Å². The quantitative estimate of drug-likeness (QED) is 0.887. The molecule has 1 N–H and O–H groups in total. The summed E-state index contributed by atoms with van der Waals surface area (Å²) in [6.07, 6.45) is 5.83. The topological polar surface area (TPSA) is 51.7 Å². The van der Waals surface area contributed by atoms with Crippen LogP contribution in [0.4, 0.5) is 10.5 Å². The molecule has 0 saturated carbocycles. The van der Waals surface area contributed by atoms with E-state index in [4.69, 9.17) is 0 Å². The summed E-state index contributed by atoms with van der Waals surface area (Å²) in [5, 5.41) is 3.28. The molecule has 148 valence electrons. The van der Waals surface area contributed by atoms with Crippen molar-refractivity contribution in [3.05, 3.63) is 60.4 Å². The lowest BCUT2D eigenvalue weighted by Gasteiger charge is -2.38. The van der Waals surface area contributed by atoms with Gasteiger partial charge in [-0.15, -0.1) is 0 Å². The summed E-state index contributed by atoms with van der Waals surface area (Å²) in [4.78, 5) is 23.5. The standard InChI is InChI=1S/C22H29N5O/c28-22(27-15-13-26(14-16-27)21-8-10-23-11-9-21)24-20-7-4-12-25(18-20)17-19-5-2-1-3-6-19/h1-3,5-6,8-11,20H,4,7,12-18H2,(H,24,28). The first-order valence-electron chi connectivity index (χ1n) is 10.2. The van der Waals surface area contributed by atoms with E-state index in [9.17, 15) is 4.79 Å². The number of hydrogen-bond acceptors (Lipinski definition) is 4. The lowest BCUT2D eigenvalue weighted by molar-refractivity contribution is 0.161. The van der Waals surface area contributed by atoms with Gasteiger partial charge in [-0.05, 0) is 37.1 Å². The van der Waals surface area contributed by atoms with Crippen molar-refractivity contribution < 1.29 is 4.79 Å². The number of piperidine rings is 1. The molecule has 28 heavy (non-hydrogen) atoms. The molecule has 0 spiro atoms. The van der Waals surface area contributed by atoms with Crippen LogP contribution in [0.2, 0.25) is 0 Å². The molecule has 0 bridgehead atoms. The number of likely N-dealkylation sites (tertiary alicyclic amines) is 1. The lowest BCUT2D eigenvalue weighted by atomic mass is 10.0. The minimum atomic E-state index is 0.0842. The zero-order valence-corrected chi connectivity index (χ0v) is 16.3. The van der Waals surface area contributed by atoms with Crippen molar-refractivity contribution in [2.75, 3.05) is 44.2 Å². The van der Waals surface area contributed by atoms with Gasteiger partial charge in [0.25, 0.3) is 0 Å². The molecule has 2 saturated heterocycles. The SMILES string of the molecule is O=C(NC1CCCN(Cc2ccccc2)C1)N1CCN(c2ccncc2)CC1. The Hall–Kier alpha value is -2.60. The predicted octanol–water partition coefficient (Wildman–Crippen LogP) is 2.58. The number of rotatable bonds is 4. The average molecular weight is 380 g/mol. The summed E-state index contributed by atoms with van der Waals surface area (Å²) >= 11 is 0. The number of amides is 2. The van der Waals surface area contributed by atoms with Gasteiger partial charge < -0.3 is 15.1 Å². The normalized spacial score (nSPS) is 20.8. The third-order valence-electron chi connectivity index (χ3n) is 5.68. The van der Waals surface area contributed by atoms with Crippen LogP contribution in [0.5, 0.6) is 0 Å². The van der Waals surface area contributed by atoms with E-state index < -0.39 is 0 Å². The molecule has 1 unspecified atom stereocenters. The number of benzene rings is 1. The highest BCUT2D eigenvalue weighted by Crippen LogP contribution is 2.16. The Kier molecular flexibility index (Phi) is 6.07. The van der Waals surface area contributed by atoms with Gasteiger partial charge in [0, 0.05) is 63.4 Å². The van der Waals surface area contributed by atoms with Gasteiger partial charge >= 0.3 is 6.03 Å². The molecule has 2 aliphatic rings. The van der Waals surface area contributed by atoms with Gasteiger partial charge in [-0.2, -0.15) is 0 Å². The predicted molar refractivity (Wildman–Crippen MR) is 111 cm³/mol. The molecule has 3 heterocycles. The van der Waals surface area contributed by atoms with Gasteiger partial charge in [-0.3, -0.25) is 9.88 Å². The van der Waals surface area contributed by atoms with Crippen molar-refractivity contribution in [3.63, 3.8) is 0 Å². The van der Waals surface area contributed by atoms with Gasteiger partial charge in [-0.25, -0.2) is 4.79 Å². The van der Waals surface area contributed by atoms with Crippen molar-refractivity contribution in [3.8, 4) is 0 Å². The zero-order valence-electron chi connectivity index (χ0n) is 16.3. The molecule has 2 aromatic rings. The number of anilines is 1. The Morgan fingerprint density at radius 3 is 2.50 bits per heavy atom. The van der Waals surface area contributed by atoms with Gasteiger partial charge in [-0.1, -0.05) is 30.3 Å². The van der Waals surface area contributed by atoms with Crippen LogP contribution >= 0.6 is 0 Å². The second-order valence-corrected chi connectivity index (χ2v) is 7.69. The monoisotopic (exact) mass is 379 g/mol. The molecule has 0 radical (unpaired) electrons. The van der Waals surface area contributed by atoms with E-state index in [1.807, 2.05) is 29.4 Å². The average Bonchev–Trinajstić information content (AvgIpc) is 2.75. The van der Waals surface area contributed by atoms with Crippen LogP contribution < -0.4 is 10.2 Å². The maximum Gasteiger partial charge on any atom is 0.317 e. The molecule has 2 aliphatic heterocycles. The molecule has 1 atom stereocenters. The highest BCUT2D eigenvalue weighted by Gasteiger charge is 2.26. The van der Waals surface area contributed by atoms with E-state index in [0.29, 0.717) is 0 Å². The molecule has 2 fully saturated rings. The van der Waals surface area contributed by atoms with Crippen molar-refractivity contribution in [1.82, 2.24) is 20.1 Å². The van der Waals surface area contributed by atoms with Crippen LogP contribution in [0.1, 0.15) is 18.4 Å². The third-order valence-corrected chi connectivity index (χ3v) is 5.68. The summed E-state index contributed by atoms with van der Waals surface area (Å²) < 4.78 is 0. The highest BCUT2D eigenvalue weighted by molar-refractivity contribution is 5.75. The minimum Gasteiger partial charge on any atom is -0.368 e. The Morgan fingerprint density at radius 1 is 1.00 bits per heavy atom. The number of pyridine rings is 1. The van der Waals surface area contributed by atoms with E-state index in [-0.39, 0.29) is 12.1 Å². The van der Waals surface area contributed by atoms with Crippen LogP contribution in [0.15, 0.2) is 54.9 Å². The van der Waals surface area contributed by atoms with Crippen molar-refractivity contribution >= 4 is 11.7 Å². The number of carbonyl (C=O) groups is 1. The molecule has 4 rings (SSSR count). The Labute approximate surface area is 167 Å². The molecule has 6 heteroatoms. The summed E-state index contributed by atoms with van der Waals surface area (Å²) in [7, 11) is 0. The minimum absolute atomic E-state index is 0.0842. The second kappa shape index (κ2) is 9.06. The molecule has 6 nitrogen and oxygen atoms in total. The van der Waals surface area contributed by atoms with Crippen molar-refractivity contribution in [2.45, 2.75) is 25.4 Å². The largest absolute Gasteiger partial charge is 0.368 e. The van der Waals surface area contributed by atoms with Crippen LogP contribution in [0.25, 0.3) is 0 Å². The Balaban J connectivity index is 1.24. The number of aromatic nitrogens is 1. The van der Waals surface area contributed by atoms with Crippen LogP contribution in [0, 0.1) is 0 Å². The van der Waals surface area contributed by atoms with Gasteiger partial charge in [0.2, 0.25) is 0 Å². The maximum atomic E-state index is 12.7. The number of hydrogen-bond donors (Lipinski definition) is 1. The molecule has 1 aromatic carbocycles. The first-order valence-corrected chi connectivity index (χ1v) is 10.2. The van der Waals surface area contributed by atoms with Crippen LogP contribution in [0.3, 0.4) is 0 Å². The molecule has 2 amide bonds. The lowest BCUT2D eigenvalue weighted by Crippen LogP contribution is -2.56.